The molecule has 1 aliphatic carbocycles. The predicted octanol–water partition coefficient (Wildman–Crippen LogP) is 2.48. The van der Waals surface area contributed by atoms with Crippen LogP contribution in [0, 0.1) is 5.92 Å². The smallest absolute Gasteiger partial charge is 0.331 e. The minimum absolute atomic E-state index is 0.175. The molecule has 0 radical (unpaired) electrons. The van der Waals surface area contributed by atoms with E-state index >= 15 is 0 Å². The van der Waals surface area contributed by atoms with Gasteiger partial charge in [-0.2, -0.15) is 0 Å². The number of hydrogen-bond acceptors (Lipinski definition) is 5. The van der Waals surface area contributed by atoms with Crippen LogP contribution in [0.4, 0.5) is 0 Å². The van der Waals surface area contributed by atoms with Crippen LogP contribution in [0.5, 0.6) is 0 Å². The van der Waals surface area contributed by atoms with Crippen LogP contribution >= 0.6 is 0 Å². The molecule has 3 rings (SSSR count). The summed E-state index contributed by atoms with van der Waals surface area (Å²) >= 11 is 0. The number of aryl methyl sites for hydroxylation is 1. The van der Waals surface area contributed by atoms with Gasteiger partial charge in [0, 0.05) is 12.8 Å². The summed E-state index contributed by atoms with van der Waals surface area (Å²) in [5, 5.41) is 3.48. The second kappa shape index (κ2) is 8.54. The Bertz CT molecular complexity index is 913. The normalized spacial score (nSPS) is 22.0. The third kappa shape index (κ3) is 4.40. The van der Waals surface area contributed by atoms with Gasteiger partial charge < -0.3 is 15.0 Å². The number of aromatic nitrogens is 2. The molecule has 0 unspecified atom stereocenters. The summed E-state index contributed by atoms with van der Waals surface area (Å²) in [6.07, 6.45) is 4.24. The van der Waals surface area contributed by atoms with Crippen LogP contribution in [0.3, 0.4) is 0 Å². The van der Waals surface area contributed by atoms with E-state index in [0.29, 0.717) is 48.3 Å². The van der Waals surface area contributed by atoms with Crippen LogP contribution < -0.4 is 10.9 Å². The van der Waals surface area contributed by atoms with Crippen molar-refractivity contribution >= 4 is 22.8 Å². The number of rotatable bonds is 6. The van der Waals surface area contributed by atoms with Crippen molar-refractivity contribution in [3.63, 3.8) is 0 Å². The number of para-hydroxylation sites is 1. The van der Waals surface area contributed by atoms with E-state index in [1.165, 1.54) is 7.11 Å². The van der Waals surface area contributed by atoms with Crippen molar-refractivity contribution in [2.24, 2.45) is 5.92 Å². The molecule has 1 aromatic carbocycles. The highest BCUT2D eigenvalue weighted by Gasteiger charge is 2.43. The van der Waals surface area contributed by atoms with Gasteiger partial charge in [-0.05, 0) is 50.2 Å². The number of hydrogen-bond donors (Lipinski definition) is 2. The van der Waals surface area contributed by atoms with Gasteiger partial charge >= 0.3 is 5.97 Å². The molecule has 0 atom stereocenters. The van der Waals surface area contributed by atoms with Crippen molar-refractivity contribution in [2.45, 2.75) is 57.4 Å². The fraction of sp³-hybridized carbons (Fsp3) is 0.524. The standard InChI is InChI=1S/C21H27N3O4/c1-14-10-12-21(13-11-14,20(27)28-2)24-18(25)9-5-8-17-22-16-7-4-3-6-15(16)19(26)23-17/h3-4,6-7,14H,5,8-13H2,1-2H3,(H,24,25)(H,22,23,26). The number of carbonyl (C=O) groups excluding carboxylic acids is 2. The van der Waals surface area contributed by atoms with Gasteiger partial charge in [-0.15, -0.1) is 0 Å². The van der Waals surface area contributed by atoms with E-state index in [1.54, 1.807) is 18.2 Å². The summed E-state index contributed by atoms with van der Waals surface area (Å²) in [6, 6.07) is 7.16. The van der Waals surface area contributed by atoms with Gasteiger partial charge in [-0.25, -0.2) is 9.78 Å². The molecule has 1 fully saturated rings. The Hall–Kier alpha value is -2.70. The van der Waals surface area contributed by atoms with E-state index in [1.807, 2.05) is 6.07 Å². The highest BCUT2D eigenvalue weighted by atomic mass is 16.5. The zero-order chi connectivity index (χ0) is 20.1. The molecule has 1 amide bonds. The van der Waals surface area contributed by atoms with Gasteiger partial charge in [0.25, 0.3) is 5.56 Å². The first-order valence-corrected chi connectivity index (χ1v) is 9.81. The van der Waals surface area contributed by atoms with Gasteiger partial charge in [0.2, 0.25) is 5.91 Å². The Labute approximate surface area is 163 Å². The third-order valence-electron chi connectivity index (χ3n) is 5.56. The Morgan fingerprint density at radius 2 is 2.00 bits per heavy atom. The second-order valence-electron chi connectivity index (χ2n) is 7.69. The van der Waals surface area contributed by atoms with Crippen molar-refractivity contribution < 1.29 is 14.3 Å². The summed E-state index contributed by atoms with van der Waals surface area (Å²) in [6.45, 7) is 2.15. The number of ether oxygens (including phenoxy) is 1. The quantitative estimate of drug-likeness (QED) is 0.744. The van der Waals surface area contributed by atoms with Gasteiger partial charge in [0.05, 0.1) is 18.0 Å². The highest BCUT2D eigenvalue weighted by Crippen LogP contribution is 2.33. The van der Waals surface area contributed by atoms with E-state index < -0.39 is 5.54 Å². The summed E-state index contributed by atoms with van der Waals surface area (Å²) in [4.78, 5) is 44.1. The Balaban J connectivity index is 1.59. The molecule has 1 heterocycles. The summed E-state index contributed by atoms with van der Waals surface area (Å²) < 4.78 is 4.95. The van der Waals surface area contributed by atoms with Crippen molar-refractivity contribution in [3.8, 4) is 0 Å². The van der Waals surface area contributed by atoms with Gasteiger partial charge in [-0.1, -0.05) is 19.1 Å². The van der Waals surface area contributed by atoms with Crippen LogP contribution in [-0.2, 0) is 20.7 Å². The Morgan fingerprint density at radius 3 is 2.71 bits per heavy atom. The molecule has 7 nitrogen and oxygen atoms in total. The lowest BCUT2D eigenvalue weighted by Gasteiger charge is -2.37. The lowest BCUT2D eigenvalue weighted by atomic mass is 9.77. The molecule has 28 heavy (non-hydrogen) atoms. The van der Waals surface area contributed by atoms with Crippen LogP contribution in [0.25, 0.3) is 10.9 Å². The molecule has 1 aliphatic rings. The van der Waals surface area contributed by atoms with Crippen LogP contribution in [0.2, 0.25) is 0 Å². The van der Waals surface area contributed by atoms with Gasteiger partial charge in [0.1, 0.15) is 11.4 Å². The van der Waals surface area contributed by atoms with Crippen molar-refractivity contribution in [1.82, 2.24) is 15.3 Å². The average molecular weight is 385 g/mol. The highest BCUT2D eigenvalue weighted by molar-refractivity contribution is 5.88. The lowest BCUT2D eigenvalue weighted by molar-refractivity contribution is -0.153. The average Bonchev–Trinajstić information content (AvgIpc) is 2.69. The van der Waals surface area contributed by atoms with Crippen molar-refractivity contribution in [3.05, 3.63) is 40.4 Å². The molecule has 0 saturated heterocycles. The maximum absolute atomic E-state index is 12.5. The maximum Gasteiger partial charge on any atom is 0.331 e. The first-order valence-electron chi connectivity index (χ1n) is 9.81. The summed E-state index contributed by atoms with van der Waals surface area (Å²) in [7, 11) is 1.36. The molecule has 1 saturated carbocycles. The summed E-state index contributed by atoms with van der Waals surface area (Å²) in [5.41, 5.74) is -0.439. The number of nitrogens with zero attached hydrogens (tertiary/aromatic N) is 1. The third-order valence-corrected chi connectivity index (χ3v) is 5.56. The predicted molar refractivity (Wildman–Crippen MR) is 106 cm³/mol. The SMILES string of the molecule is COC(=O)C1(NC(=O)CCCc2nc3ccccc3c(=O)[nH]2)CCC(C)CC1. The lowest BCUT2D eigenvalue weighted by Crippen LogP contribution is -2.56. The number of carbonyl (C=O) groups is 2. The van der Waals surface area contributed by atoms with E-state index in [0.717, 1.165) is 12.8 Å². The Kier molecular flexibility index (Phi) is 6.11. The number of nitrogens with one attached hydrogen (secondary N) is 2. The van der Waals surface area contributed by atoms with E-state index in [4.69, 9.17) is 4.74 Å². The topological polar surface area (TPSA) is 101 Å². The molecule has 0 aliphatic heterocycles. The molecule has 150 valence electrons. The zero-order valence-corrected chi connectivity index (χ0v) is 16.4. The molecule has 0 bridgehead atoms. The first-order chi connectivity index (χ1) is 13.4. The molecule has 2 aromatic rings. The monoisotopic (exact) mass is 385 g/mol. The van der Waals surface area contributed by atoms with Crippen molar-refractivity contribution in [2.75, 3.05) is 7.11 Å². The number of H-pyrrole nitrogens is 1. The zero-order valence-electron chi connectivity index (χ0n) is 16.4. The summed E-state index contributed by atoms with van der Waals surface area (Å²) in [5.74, 6) is 0.563. The number of aromatic amines is 1. The number of methoxy groups -OCH3 is 1. The minimum Gasteiger partial charge on any atom is -0.467 e. The number of amides is 1. The molecule has 1 aromatic heterocycles. The second-order valence-corrected chi connectivity index (χ2v) is 7.69. The number of benzene rings is 1. The maximum atomic E-state index is 12.5. The molecule has 0 spiro atoms. The minimum atomic E-state index is -0.909. The van der Waals surface area contributed by atoms with Gasteiger partial charge in [-0.3, -0.25) is 9.59 Å². The Morgan fingerprint density at radius 1 is 1.29 bits per heavy atom. The van der Waals surface area contributed by atoms with E-state index in [2.05, 4.69) is 22.2 Å². The number of fused-ring (bicyclic) bond motifs is 1. The fourth-order valence-electron chi connectivity index (χ4n) is 3.83. The first kappa shape index (κ1) is 20.0. The van der Waals surface area contributed by atoms with Crippen LogP contribution in [0.15, 0.2) is 29.1 Å². The molecule has 2 N–H and O–H groups in total. The fourth-order valence-corrected chi connectivity index (χ4v) is 3.83. The van der Waals surface area contributed by atoms with Crippen LogP contribution in [-0.4, -0.2) is 34.5 Å². The van der Waals surface area contributed by atoms with Gasteiger partial charge in [0.15, 0.2) is 0 Å². The largest absolute Gasteiger partial charge is 0.467 e. The van der Waals surface area contributed by atoms with Crippen molar-refractivity contribution in [1.29, 1.82) is 0 Å². The van der Waals surface area contributed by atoms with Crippen LogP contribution in [0.1, 0.15) is 51.3 Å². The molecular formula is C21H27N3O4. The molecule has 7 heteroatoms. The van der Waals surface area contributed by atoms with E-state index in [9.17, 15) is 14.4 Å². The van der Waals surface area contributed by atoms with E-state index in [-0.39, 0.29) is 23.9 Å². The molecular weight excluding hydrogens is 358 g/mol. The number of esters is 1.